The molecule has 0 radical (unpaired) electrons. The Morgan fingerprint density at radius 3 is 2.16 bits per heavy atom. The summed E-state index contributed by atoms with van der Waals surface area (Å²) < 4.78 is 35.2. The summed E-state index contributed by atoms with van der Waals surface area (Å²) >= 11 is 12.7. The van der Waals surface area contributed by atoms with Crippen molar-refractivity contribution < 1.29 is 22.7 Å². The molecule has 258 valence electrons. The first-order valence-corrected chi connectivity index (χ1v) is 18.7. The molecule has 0 bridgehead atoms. The second kappa shape index (κ2) is 17.1. The molecule has 5 rings (SSSR count). The van der Waals surface area contributed by atoms with Crippen LogP contribution in [0.2, 0.25) is 10.0 Å². The smallest absolute Gasteiger partial charge is 0.264 e. The first-order chi connectivity index (χ1) is 23.7. The quantitative estimate of drug-likeness (QED) is 0.144. The van der Waals surface area contributed by atoms with Crippen molar-refractivity contribution >= 4 is 50.7 Å². The summed E-state index contributed by atoms with van der Waals surface area (Å²) in [4.78, 5) is 30.4. The average Bonchev–Trinajstić information content (AvgIpc) is 3.11. The maximum atomic E-state index is 14.7. The van der Waals surface area contributed by atoms with Gasteiger partial charge in [-0.3, -0.25) is 13.9 Å². The van der Waals surface area contributed by atoms with Crippen LogP contribution in [0.3, 0.4) is 0 Å². The molecule has 1 aliphatic rings. The number of sulfonamides is 1. The fraction of sp³-hybridized carbons (Fsp3) is 0.316. The fourth-order valence-electron chi connectivity index (χ4n) is 6.05. The van der Waals surface area contributed by atoms with Crippen molar-refractivity contribution in [3.8, 4) is 5.75 Å². The van der Waals surface area contributed by atoms with Gasteiger partial charge < -0.3 is 15.0 Å². The zero-order valence-corrected chi connectivity index (χ0v) is 29.8. The highest BCUT2D eigenvalue weighted by Gasteiger charge is 2.35. The molecule has 0 heterocycles. The molecule has 0 aromatic heterocycles. The lowest BCUT2D eigenvalue weighted by Crippen LogP contribution is -2.55. The summed E-state index contributed by atoms with van der Waals surface area (Å²) in [6.45, 7) is 1.71. The van der Waals surface area contributed by atoms with E-state index in [-0.39, 0.29) is 35.5 Å². The molecular formula is C38H41Cl2N3O5S. The van der Waals surface area contributed by atoms with Crippen LogP contribution < -0.4 is 14.4 Å². The molecular weight excluding hydrogens is 681 g/mol. The molecule has 1 saturated carbocycles. The van der Waals surface area contributed by atoms with E-state index in [1.165, 1.54) is 29.2 Å². The van der Waals surface area contributed by atoms with Gasteiger partial charge in [0.15, 0.2) is 0 Å². The van der Waals surface area contributed by atoms with Crippen LogP contribution in [0.1, 0.15) is 50.2 Å². The number of amides is 2. The fourth-order valence-corrected chi connectivity index (χ4v) is 7.78. The third-order valence-electron chi connectivity index (χ3n) is 8.64. The molecule has 0 unspecified atom stereocenters. The Bertz CT molecular complexity index is 1800. The number of rotatable bonds is 14. The number of anilines is 1. The number of nitrogens with one attached hydrogen (secondary N) is 1. The predicted octanol–water partition coefficient (Wildman–Crippen LogP) is 7.68. The van der Waals surface area contributed by atoms with Crippen molar-refractivity contribution in [1.82, 2.24) is 10.2 Å². The van der Waals surface area contributed by atoms with Gasteiger partial charge in [-0.05, 0) is 85.5 Å². The molecule has 8 nitrogen and oxygen atoms in total. The van der Waals surface area contributed by atoms with E-state index in [4.69, 9.17) is 27.9 Å². The Kier molecular flexibility index (Phi) is 12.6. The zero-order valence-electron chi connectivity index (χ0n) is 27.4. The van der Waals surface area contributed by atoms with E-state index in [0.29, 0.717) is 28.0 Å². The van der Waals surface area contributed by atoms with Crippen LogP contribution in [-0.4, -0.2) is 50.4 Å². The van der Waals surface area contributed by atoms with Gasteiger partial charge in [-0.1, -0.05) is 91.0 Å². The van der Waals surface area contributed by atoms with Crippen molar-refractivity contribution in [1.29, 1.82) is 0 Å². The Hall–Kier alpha value is -4.05. The van der Waals surface area contributed by atoms with Gasteiger partial charge >= 0.3 is 0 Å². The van der Waals surface area contributed by atoms with Crippen LogP contribution in [0.15, 0.2) is 108 Å². The van der Waals surface area contributed by atoms with Crippen LogP contribution in [0.5, 0.6) is 5.75 Å². The molecule has 0 saturated heterocycles. The average molecular weight is 723 g/mol. The summed E-state index contributed by atoms with van der Waals surface area (Å²) in [6.07, 6.45) is 5.13. The van der Waals surface area contributed by atoms with E-state index in [1.807, 2.05) is 43.3 Å². The van der Waals surface area contributed by atoms with Crippen molar-refractivity contribution in [2.24, 2.45) is 0 Å². The van der Waals surface area contributed by atoms with Gasteiger partial charge in [0, 0.05) is 29.1 Å². The molecule has 1 fully saturated rings. The first kappa shape index (κ1) is 36.2. The number of halogens is 2. The lowest BCUT2D eigenvalue weighted by atomic mass is 9.94. The van der Waals surface area contributed by atoms with Crippen molar-refractivity contribution in [3.05, 3.63) is 124 Å². The van der Waals surface area contributed by atoms with E-state index in [1.54, 1.807) is 42.5 Å². The summed E-state index contributed by atoms with van der Waals surface area (Å²) in [5, 5.41) is 4.03. The summed E-state index contributed by atoms with van der Waals surface area (Å²) in [5.41, 5.74) is 1.75. The second-order valence-corrected chi connectivity index (χ2v) is 14.8. The first-order valence-electron chi connectivity index (χ1n) is 16.5. The number of hydrogen-bond acceptors (Lipinski definition) is 5. The van der Waals surface area contributed by atoms with Gasteiger partial charge in [-0.15, -0.1) is 0 Å². The largest absolute Gasteiger partial charge is 0.494 e. The van der Waals surface area contributed by atoms with Crippen LogP contribution in [0, 0.1) is 0 Å². The minimum atomic E-state index is -4.27. The highest BCUT2D eigenvalue weighted by Crippen LogP contribution is 2.28. The minimum Gasteiger partial charge on any atom is -0.494 e. The van der Waals surface area contributed by atoms with E-state index in [2.05, 4.69) is 5.32 Å². The minimum absolute atomic E-state index is 0.00224. The molecule has 49 heavy (non-hydrogen) atoms. The standard InChI is InChI=1S/C38H41Cl2N3O5S/c1-2-48-33-21-19-32(20-22-33)43(49(46,47)34-23-17-30(39)18-24-34)27-37(44)42(26-29-13-9-10-16-35(29)40)36(25-28-11-5-3-6-12-28)38(45)41-31-14-7-4-8-15-31/h3,5-6,9-13,16-24,31,36H,2,4,7-8,14-15,25-27H2,1H3,(H,41,45)/t36-/m1/s1. The van der Waals surface area contributed by atoms with Crippen LogP contribution in [0.25, 0.3) is 0 Å². The molecule has 1 atom stereocenters. The Labute approximate surface area is 299 Å². The maximum Gasteiger partial charge on any atom is 0.264 e. The SMILES string of the molecule is CCOc1ccc(N(CC(=O)N(Cc2ccccc2Cl)[C@H](Cc2ccccc2)C(=O)NC2CCCCC2)S(=O)(=O)c2ccc(Cl)cc2)cc1. The molecule has 4 aromatic rings. The number of carbonyl (C=O) groups is 2. The van der Waals surface area contributed by atoms with Crippen molar-refractivity contribution in [3.63, 3.8) is 0 Å². The van der Waals surface area contributed by atoms with Gasteiger partial charge in [0.2, 0.25) is 11.8 Å². The zero-order chi connectivity index (χ0) is 34.8. The van der Waals surface area contributed by atoms with Crippen LogP contribution in [0.4, 0.5) is 5.69 Å². The van der Waals surface area contributed by atoms with Crippen LogP contribution in [-0.2, 0) is 32.6 Å². The summed E-state index contributed by atoms with van der Waals surface area (Å²) in [6, 6.07) is 28.0. The highest BCUT2D eigenvalue weighted by atomic mass is 35.5. The predicted molar refractivity (Wildman–Crippen MR) is 195 cm³/mol. The van der Waals surface area contributed by atoms with Gasteiger partial charge in [0.05, 0.1) is 17.2 Å². The topological polar surface area (TPSA) is 96.0 Å². The Balaban J connectivity index is 1.57. The lowest BCUT2D eigenvalue weighted by Gasteiger charge is -2.35. The van der Waals surface area contributed by atoms with E-state index in [9.17, 15) is 18.0 Å². The monoisotopic (exact) mass is 721 g/mol. The van der Waals surface area contributed by atoms with Crippen LogP contribution >= 0.6 is 23.2 Å². The Morgan fingerprint density at radius 2 is 1.51 bits per heavy atom. The summed E-state index contributed by atoms with van der Waals surface area (Å²) in [7, 11) is -4.27. The van der Waals surface area contributed by atoms with E-state index in [0.717, 1.165) is 42.0 Å². The lowest BCUT2D eigenvalue weighted by molar-refractivity contribution is -0.140. The maximum absolute atomic E-state index is 14.7. The van der Waals surface area contributed by atoms with Crippen molar-refractivity contribution in [2.75, 3.05) is 17.5 Å². The third kappa shape index (κ3) is 9.56. The molecule has 0 aliphatic heterocycles. The summed E-state index contributed by atoms with van der Waals surface area (Å²) in [5.74, 6) is -0.292. The second-order valence-electron chi connectivity index (χ2n) is 12.1. The van der Waals surface area contributed by atoms with Gasteiger partial charge in [-0.2, -0.15) is 0 Å². The van der Waals surface area contributed by atoms with E-state index < -0.39 is 28.5 Å². The molecule has 1 aliphatic carbocycles. The molecule has 0 spiro atoms. The molecule has 11 heteroatoms. The Morgan fingerprint density at radius 1 is 0.857 bits per heavy atom. The number of nitrogens with zero attached hydrogens (tertiary/aromatic N) is 2. The molecule has 1 N–H and O–H groups in total. The highest BCUT2D eigenvalue weighted by molar-refractivity contribution is 7.92. The normalized spacial score (nSPS) is 14.1. The van der Waals surface area contributed by atoms with Gasteiger partial charge in [-0.25, -0.2) is 8.42 Å². The number of ether oxygens (including phenoxy) is 1. The van der Waals surface area contributed by atoms with Gasteiger partial charge in [0.1, 0.15) is 18.3 Å². The molecule has 4 aromatic carbocycles. The molecule has 2 amide bonds. The third-order valence-corrected chi connectivity index (χ3v) is 11.0. The number of carbonyl (C=O) groups excluding carboxylic acids is 2. The van der Waals surface area contributed by atoms with Crippen molar-refractivity contribution in [2.45, 2.75) is 69.0 Å². The van der Waals surface area contributed by atoms with E-state index >= 15 is 0 Å². The number of hydrogen-bond donors (Lipinski definition) is 1. The number of benzene rings is 4. The van der Waals surface area contributed by atoms with Gasteiger partial charge in [0.25, 0.3) is 10.0 Å².